The first-order valence-corrected chi connectivity index (χ1v) is 7.63. The normalized spacial score (nSPS) is 14.2. The van der Waals surface area contributed by atoms with Gasteiger partial charge in [-0.25, -0.2) is 4.98 Å². The molecular weight excluding hydrogens is 286 g/mol. The monoisotopic (exact) mass is 303 g/mol. The number of aryl methyl sites for hydroxylation is 1. The molecule has 1 aliphatic carbocycles. The lowest BCUT2D eigenvalue weighted by Gasteiger charge is -2.08. The van der Waals surface area contributed by atoms with Gasteiger partial charge in [0.2, 0.25) is 5.88 Å². The fourth-order valence-electron chi connectivity index (χ4n) is 2.03. The third-order valence-corrected chi connectivity index (χ3v) is 3.82. The lowest BCUT2D eigenvalue weighted by molar-refractivity contribution is 0.458. The first-order chi connectivity index (χ1) is 10.2. The lowest BCUT2D eigenvalue weighted by Crippen LogP contribution is -2.16. The summed E-state index contributed by atoms with van der Waals surface area (Å²) in [5, 5.41) is 4.17. The Kier molecular flexibility index (Phi) is 4.36. The molecule has 1 saturated carbocycles. The highest BCUT2D eigenvalue weighted by molar-refractivity contribution is 6.31. The van der Waals surface area contributed by atoms with Gasteiger partial charge in [-0.05, 0) is 43.0 Å². The zero-order chi connectivity index (χ0) is 14.7. The van der Waals surface area contributed by atoms with Gasteiger partial charge >= 0.3 is 0 Å². The van der Waals surface area contributed by atoms with Gasteiger partial charge in [0.15, 0.2) is 0 Å². The number of ether oxygens (including phenoxy) is 1. The smallest absolute Gasteiger partial charge is 0.237 e. The Balaban J connectivity index is 1.63. The molecule has 2 aromatic rings. The van der Waals surface area contributed by atoms with Crippen LogP contribution in [0.2, 0.25) is 5.02 Å². The first-order valence-electron chi connectivity index (χ1n) is 7.25. The summed E-state index contributed by atoms with van der Waals surface area (Å²) in [6, 6.07) is 6.29. The minimum absolute atomic E-state index is 0.495. The molecule has 1 fully saturated rings. The van der Waals surface area contributed by atoms with Crippen molar-refractivity contribution < 1.29 is 4.74 Å². The first kappa shape index (κ1) is 14.3. The van der Waals surface area contributed by atoms with E-state index in [1.807, 2.05) is 18.2 Å². The van der Waals surface area contributed by atoms with E-state index < -0.39 is 0 Å². The van der Waals surface area contributed by atoms with E-state index in [1.165, 1.54) is 12.8 Å². The molecule has 1 aliphatic rings. The molecule has 1 N–H and O–H groups in total. The summed E-state index contributed by atoms with van der Waals surface area (Å²) in [5.74, 6) is 1.23. The molecule has 0 saturated heterocycles. The fourth-order valence-corrected chi connectivity index (χ4v) is 2.28. The van der Waals surface area contributed by atoms with Gasteiger partial charge in [0.1, 0.15) is 5.75 Å². The number of nitrogens with one attached hydrogen (secondary N) is 1. The van der Waals surface area contributed by atoms with E-state index in [0.29, 0.717) is 11.9 Å². The van der Waals surface area contributed by atoms with E-state index in [-0.39, 0.29) is 0 Å². The van der Waals surface area contributed by atoms with Crippen LogP contribution in [0.4, 0.5) is 0 Å². The summed E-state index contributed by atoms with van der Waals surface area (Å²) in [6.45, 7) is 2.82. The quantitative estimate of drug-likeness (QED) is 0.883. The maximum absolute atomic E-state index is 6.09. The average Bonchev–Trinajstić information content (AvgIpc) is 3.33. The van der Waals surface area contributed by atoms with Gasteiger partial charge < -0.3 is 10.1 Å². The van der Waals surface area contributed by atoms with Gasteiger partial charge in [-0.3, -0.25) is 4.98 Å². The van der Waals surface area contributed by atoms with Crippen molar-refractivity contribution in [3.05, 3.63) is 46.9 Å². The highest BCUT2D eigenvalue weighted by Gasteiger charge is 2.20. The van der Waals surface area contributed by atoms with Crippen molar-refractivity contribution in [2.45, 2.75) is 38.8 Å². The molecule has 0 unspecified atom stereocenters. The van der Waals surface area contributed by atoms with Crippen molar-refractivity contribution in [2.24, 2.45) is 0 Å². The molecule has 3 rings (SSSR count). The second kappa shape index (κ2) is 6.41. The fraction of sp³-hybridized carbons (Fsp3) is 0.375. The van der Waals surface area contributed by atoms with E-state index in [2.05, 4.69) is 22.2 Å². The number of benzene rings is 1. The zero-order valence-corrected chi connectivity index (χ0v) is 12.7. The SMILES string of the molecule is CCc1cc(Oc2cnc(CNC3CC3)cn2)ccc1Cl. The van der Waals surface area contributed by atoms with Crippen LogP contribution >= 0.6 is 11.6 Å². The number of hydrogen-bond donors (Lipinski definition) is 1. The summed E-state index contributed by atoms with van der Waals surface area (Å²) in [6.07, 6.45) is 6.81. The average molecular weight is 304 g/mol. The number of rotatable bonds is 6. The van der Waals surface area contributed by atoms with Crippen molar-refractivity contribution in [1.29, 1.82) is 0 Å². The summed E-state index contributed by atoms with van der Waals surface area (Å²) >= 11 is 6.09. The molecule has 5 heteroatoms. The highest BCUT2D eigenvalue weighted by atomic mass is 35.5. The van der Waals surface area contributed by atoms with Gasteiger partial charge in [-0.15, -0.1) is 0 Å². The Hall–Kier alpha value is -1.65. The Labute approximate surface area is 129 Å². The molecule has 1 aromatic carbocycles. The lowest BCUT2D eigenvalue weighted by atomic mass is 10.1. The van der Waals surface area contributed by atoms with Crippen molar-refractivity contribution in [3.63, 3.8) is 0 Å². The van der Waals surface area contributed by atoms with Crippen molar-refractivity contribution in [2.75, 3.05) is 0 Å². The van der Waals surface area contributed by atoms with Gasteiger partial charge in [0.25, 0.3) is 0 Å². The molecule has 0 atom stereocenters. The molecule has 0 amide bonds. The van der Waals surface area contributed by atoms with Crippen molar-refractivity contribution in [1.82, 2.24) is 15.3 Å². The third kappa shape index (κ3) is 3.93. The van der Waals surface area contributed by atoms with Crippen LogP contribution in [0.15, 0.2) is 30.6 Å². The molecule has 4 nitrogen and oxygen atoms in total. The second-order valence-electron chi connectivity index (χ2n) is 5.21. The maximum Gasteiger partial charge on any atom is 0.237 e. The summed E-state index contributed by atoms with van der Waals surface area (Å²) in [4.78, 5) is 8.65. The Morgan fingerprint density at radius 2 is 2.14 bits per heavy atom. The van der Waals surface area contributed by atoms with Gasteiger partial charge in [-0.2, -0.15) is 0 Å². The minimum atomic E-state index is 0.495. The number of hydrogen-bond acceptors (Lipinski definition) is 4. The second-order valence-corrected chi connectivity index (χ2v) is 5.62. The van der Waals surface area contributed by atoms with Crippen LogP contribution in [-0.2, 0) is 13.0 Å². The summed E-state index contributed by atoms with van der Waals surface area (Å²) in [5.41, 5.74) is 1.99. The molecule has 110 valence electrons. The van der Waals surface area contributed by atoms with E-state index in [4.69, 9.17) is 16.3 Å². The Morgan fingerprint density at radius 3 is 2.81 bits per heavy atom. The van der Waals surface area contributed by atoms with Crippen LogP contribution in [0.25, 0.3) is 0 Å². The van der Waals surface area contributed by atoms with Crippen LogP contribution in [0.1, 0.15) is 31.0 Å². The van der Waals surface area contributed by atoms with E-state index >= 15 is 0 Å². The number of aromatic nitrogens is 2. The molecule has 21 heavy (non-hydrogen) atoms. The van der Waals surface area contributed by atoms with Gasteiger partial charge in [-0.1, -0.05) is 18.5 Å². The maximum atomic E-state index is 6.09. The summed E-state index contributed by atoms with van der Waals surface area (Å²) < 4.78 is 5.72. The molecule has 1 heterocycles. The standard InChI is InChI=1S/C16H18ClN3O/c1-2-11-7-14(5-6-15(11)17)21-16-10-19-13(9-20-16)8-18-12-3-4-12/h5-7,9-10,12,18H,2-4,8H2,1H3. The minimum Gasteiger partial charge on any atom is -0.437 e. The van der Waals surface area contributed by atoms with Crippen LogP contribution in [0.3, 0.4) is 0 Å². The largest absolute Gasteiger partial charge is 0.437 e. The predicted octanol–water partition coefficient (Wildman–Crippen LogP) is 3.74. The predicted molar refractivity (Wildman–Crippen MR) is 82.8 cm³/mol. The number of nitrogens with zero attached hydrogens (tertiary/aromatic N) is 2. The molecule has 0 aliphatic heterocycles. The van der Waals surface area contributed by atoms with Crippen LogP contribution in [0.5, 0.6) is 11.6 Å². The third-order valence-electron chi connectivity index (χ3n) is 3.45. The van der Waals surface area contributed by atoms with Crippen molar-refractivity contribution in [3.8, 4) is 11.6 Å². The molecular formula is C16H18ClN3O. The Morgan fingerprint density at radius 1 is 1.29 bits per heavy atom. The molecule has 0 spiro atoms. The Bertz CT molecular complexity index is 611. The van der Waals surface area contributed by atoms with E-state index in [1.54, 1.807) is 12.4 Å². The van der Waals surface area contributed by atoms with Crippen LogP contribution in [-0.4, -0.2) is 16.0 Å². The highest BCUT2D eigenvalue weighted by Crippen LogP contribution is 2.25. The van der Waals surface area contributed by atoms with Crippen LogP contribution < -0.4 is 10.1 Å². The molecule has 1 aromatic heterocycles. The van der Waals surface area contributed by atoms with Gasteiger partial charge in [0.05, 0.1) is 18.1 Å². The number of halogens is 1. The van der Waals surface area contributed by atoms with E-state index in [0.717, 1.165) is 35.0 Å². The zero-order valence-electron chi connectivity index (χ0n) is 12.0. The van der Waals surface area contributed by atoms with Gasteiger partial charge in [0, 0.05) is 17.6 Å². The summed E-state index contributed by atoms with van der Waals surface area (Å²) in [7, 11) is 0. The van der Waals surface area contributed by atoms with Crippen LogP contribution in [0, 0.1) is 0 Å². The van der Waals surface area contributed by atoms with E-state index in [9.17, 15) is 0 Å². The van der Waals surface area contributed by atoms with Crippen molar-refractivity contribution >= 4 is 11.6 Å². The molecule has 0 bridgehead atoms. The topological polar surface area (TPSA) is 47.0 Å². The molecule has 0 radical (unpaired) electrons.